The molecule has 0 heterocycles. The van der Waals surface area contributed by atoms with Crippen molar-refractivity contribution in [3.05, 3.63) is 26.5 Å². The fourth-order valence-corrected chi connectivity index (χ4v) is 1.04. The van der Waals surface area contributed by atoms with Crippen LogP contribution in [0.25, 0.3) is 0 Å². The van der Waals surface area contributed by atoms with Gasteiger partial charge in [-0.25, -0.2) is 4.79 Å². The van der Waals surface area contributed by atoms with Crippen LogP contribution in [0, 0.1) is 15.0 Å². The Morgan fingerprint density at radius 1 is 1.50 bits per heavy atom. The predicted molar refractivity (Wildman–Crippen MR) is 62.4 cm³/mol. The monoisotopic (exact) mass is 260 g/mol. The Morgan fingerprint density at radius 2 is 2.06 bits per heavy atom. The maximum absolute atomic E-state index is 11.2. The Labute approximate surface area is 104 Å². The van der Waals surface area contributed by atoms with Gasteiger partial charge in [-0.05, 0) is 12.1 Å². The molecule has 102 valence electrons. The van der Waals surface area contributed by atoms with Gasteiger partial charge in [0, 0.05) is 31.6 Å². The minimum absolute atomic E-state index is 0.0333. The Balaban J connectivity index is 4.79. The van der Waals surface area contributed by atoms with Gasteiger partial charge in [-0.3, -0.25) is 10.1 Å². The van der Waals surface area contributed by atoms with Gasteiger partial charge in [-0.15, -0.1) is 4.91 Å². The molecule has 0 aromatic carbocycles. The first-order valence-corrected chi connectivity index (χ1v) is 5.33. The molecule has 0 aliphatic carbocycles. The third-order valence-electron chi connectivity index (χ3n) is 2.30. The summed E-state index contributed by atoms with van der Waals surface area (Å²) in [7, 11) is 0. The SMILES string of the molecule is CCOC(=O)/C(N=O)=C(\O)CCC(C)(C)[N+](=O)[O-]. The number of rotatable bonds is 7. The lowest BCUT2D eigenvalue weighted by Gasteiger charge is -2.14. The van der Waals surface area contributed by atoms with E-state index in [9.17, 15) is 24.9 Å². The second-order valence-electron chi connectivity index (χ2n) is 4.18. The molecule has 0 rings (SSSR count). The molecule has 0 saturated heterocycles. The van der Waals surface area contributed by atoms with Crippen molar-refractivity contribution in [1.82, 2.24) is 0 Å². The van der Waals surface area contributed by atoms with Crippen LogP contribution >= 0.6 is 0 Å². The first-order chi connectivity index (χ1) is 8.26. The van der Waals surface area contributed by atoms with Crippen molar-refractivity contribution < 1.29 is 19.6 Å². The van der Waals surface area contributed by atoms with E-state index >= 15 is 0 Å². The van der Waals surface area contributed by atoms with Gasteiger partial charge in [0.25, 0.3) is 0 Å². The molecule has 18 heavy (non-hydrogen) atoms. The fourth-order valence-electron chi connectivity index (χ4n) is 1.04. The summed E-state index contributed by atoms with van der Waals surface area (Å²) < 4.78 is 4.51. The molecule has 0 radical (unpaired) electrons. The van der Waals surface area contributed by atoms with E-state index in [1.165, 1.54) is 20.8 Å². The number of nitroso groups, excluding NO2 is 1. The molecular weight excluding hydrogens is 244 g/mol. The molecule has 0 spiro atoms. The zero-order chi connectivity index (χ0) is 14.3. The number of hydrogen-bond donors (Lipinski definition) is 1. The third-order valence-corrected chi connectivity index (χ3v) is 2.30. The zero-order valence-electron chi connectivity index (χ0n) is 10.5. The summed E-state index contributed by atoms with van der Waals surface area (Å²) in [5, 5.41) is 22.5. The summed E-state index contributed by atoms with van der Waals surface area (Å²) in [4.78, 5) is 31.8. The minimum atomic E-state index is -1.27. The van der Waals surface area contributed by atoms with Gasteiger partial charge in [0.15, 0.2) is 0 Å². The molecule has 0 aromatic rings. The number of aliphatic hydroxyl groups is 1. The quantitative estimate of drug-likeness (QED) is 0.186. The summed E-state index contributed by atoms with van der Waals surface area (Å²) >= 11 is 0. The van der Waals surface area contributed by atoms with Gasteiger partial charge >= 0.3 is 5.97 Å². The second kappa shape index (κ2) is 6.67. The second-order valence-corrected chi connectivity index (χ2v) is 4.18. The van der Waals surface area contributed by atoms with Crippen LogP contribution in [-0.4, -0.2) is 28.1 Å². The van der Waals surface area contributed by atoms with Crippen molar-refractivity contribution in [1.29, 1.82) is 0 Å². The first kappa shape index (κ1) is 16.0. The molecule has 0 aliphatic rings. The molecule has 0 atom stereocenters. The van der Waals surface area contributed by atoms with Crippen molar-refractivity contribution in [3.8, 4) is 0 Å². The first-order valence-electron chi connectivity index (χ1n) is 5.33. The molecule has 0 fully saturated rings. The van der Waals surface area contributed by atoms with Crippen molar-refractivity contribution in [2.24, 2.45) is 5.18 Å². The van der Waals surface area contributed by atoms with Crippen LogP contribution in [0.15, 0.2) is 16.6 Å². The van der Waals surface area contributed by atoms with Crippen molar-refractivity contribution >= 4 is 5.97 Å². The van der Waals surface area contributed by atoms with Crippen molar-refractivity contribution in [2.45, 2.75) is 39.2 Å². The number of nitrogens with zero attached hydrogens (tertiary/aromatic N) is 2. The summed E-state index contributed by atoms with van der Waals surface area (Å²) in [5.41, 5.74) is -2.01. The summed E-state index contributed by atoms with van der Waals surface area (Å²) in [5.74, 6) is -1.64. The van der Waals surface area contributed by atoms with Crippen LogP contribution < -0.4 is 0 Å². The number of hydrogen-bond acceptors (Lipinski definition) is 7. The minimum Gasteiger partial charge on any atom is -0.510 e. The number of esters is 1. The van der Waals surface area contributed by atoms with E-state index < -0.39 is 27.9 Å². The molecule has 0 saturated carbocycles. The van der Waals surface area contributed by atoms with E-state index in [-0.39, 0.29) is 19.4 Å². The number of nitro groups is 1. The van der Waals surface area contributed by atoms with Crippen LogP contribution in [0.3, 0.4) is 0 Å². The van der Waals surface area contributed by atoms with E-state index in [0.717, 1.165) is 0 Å². The number of carbonyl (C=O) groups excluding carboxylic acids is 1. The number of carbonyl (C=O) groups is 1. The van der Waals surface area contributed by atoms with E-state index in [4.69, 9.17) is 0 Å². The fraction of sp³-hybridized carbons (Fsp3) is 0.700. The van der Waals surface area contributed by atoms with Gasteiger partial charge in [0.2, 0.25) is 11.2 Å². The summed E-state index contributed by atoms with van der Waals surface area (Å²) in [6.45, 7) is 4.32. The Bertz CT molecular complexity index is 375. The van der Waals surface area contributed by atoms with Crippen LogP contribution in [-0.2, 0) is 9.53 Å². The van der Waals surface area contributed by atoms with Gasteiger partial charge < -0.3 is 9.84 Å². The van der Waals surface area contributed by atoms with Gasteiger partial charge in [0.05, 0.1) is 6.61 Å². The summed E-state index contributed by atoms with van der Waals surface area (Å²) in [6.07, 6.45) is -0.238. The Morgan fingerprint density at radius 3 is 2.44 bits per heavy atom. The predicted octanol–water partition coefficient (Wildman–Crippen LogP) is 1.92. The van der Waals surface area contributed by atoms with Gasteiger partial charge in [0.1, 0.15) is 5.76 Å². The van der Waals surface area contributed by atoms with Crippen LogP contribution in [0.1, 0.15) is 33.6 Å². The topological polar surface area (TPSA) is 119 Å². The largest absolute Gasteiger partial charge is 0.510 e. The molecule has 0 bridgehead atoms. The Kier molecular flexibility index (Phi) is 5.94. The lowest BCUT2D eigenvalue weighted by atomic mass is 9.98. The highest BCUT2D eigenvalue weighted by Gasteiger charge is 2.31. The number of aliphatic hydroxyl groups excluding tert-OH is 1. The molecule has 8 nitrogen and oxygen atoms in total. The number of ether oxygens (including phenoxy) is 1. The smallest absolute Gasteiger partial charge is 0.364 e. The molecule has 0 amide bonds. The highest BCUT2D eigenvalue weighted by atomic mass is 16.6. The lowest BCUT2D eigenvalue weighted by Crippen LogP contribution is -2.30. The van der Waals surface area contributed by atoms with Crippen molar-refractivity contribution in [2.75, 3.05) is 6.61 Å². The average Bonchev–Trinajstić information content (AvgIpc) is 2.27. The Hall–Kier alpha value is -1.99. The third kappa shape index (κ3) is 4.48. The molecule has 0 aromatic heterocycles. The lowest BCUT2D eigenvalue weighted by molar-refractivity contribution is -0.561. The van der Waals surface area contributed by atoms with E-state index in [2.05, 4.69) is 9.91 Å². The van der Waals surface area contributed by atoms with Gasteiger partial charge in [-0.2, -0.15) is 0 Å². The molecule has 1 N–H and O–H groups in total. The highest BCUT2D eigenvalue weighted by Crippen LogP contribution is 2.20. The number of allylic oxidation sites excluding steroid dienone is 1. The average molecular weight is 260 g/mol. The normalized spacial score (nSPS) is 12.6. The maximum atomic E-state index is 11.2. The standard InChI is InChI=1S/C10H16N2O6/c1-4-18-9(14)8(11-15)7(13)5-6-10(2,3)12(16)17/h13H,4-6H2,1-3H3/b8-7+. The van der Waals surface area contributed by atoms with Crippen molar-refractivity contribution in [3.63, 3.8) is 0 Å². The summed E-state index contributed by atoms with van der Waals surface area (Å²) in [6, 6.07) is 0. The van der Waals surface area contributed by atoms with Crippen LogP contribution in [0.4, 0.5) is 0 Å². The van der Waals surface area contributed by atoms with Crippen LogP contribution in [0.2, 0.25) is 0 Å². The van der Waals surface area contributed by atoms with E-state index in [1.54, 1.807) is 0 Å². The molecule has 0 aliphatic heterocycles. The van der Waals surface area contributed by atoms with E-state index in [0.29, 0.717) is 0 Å². The zero-order valence-corrected chi connectivity index (χ0v) is 10.5. The van der Waals surface area contributed by atoms with Gasteiger partial charge in [-0.1, -0.05) is 0 Å². The van der Waals surface area contributed by atoms with Crippen LogP contribution in [0.5, 0.6) is 0 Å². The van der Waals surface area contributed by atoms with E-state index in [1.807, 2.05) is 0 Å². The molecule has 0 unspecified atom stereocenters. The molecular formula is C10H16N2O6. The molecule has 8 heteroatoms. The maximum Gasteiger partial charge on any atom is 0.364 e. The highest BCUT2D eigenvalue weighted by molar-refractivity contribution is 5.88.